The Morgan fingerprint density at radius 1 is 1.00 bits per heavy atom. The van der Waals surface area contributed by atoms with E-state index in [-0.39, 0.29) is 38.5 Å². The predicted octanol–water partition coefficient (Wildman–Crippen LogP) is 9.26. The van der Waals surface area contributed by atoms with E-state index in [2.05, 4.69) is 54.2 Å². The fourth-order valence-corrected chi connectivity index (χ4v) is 12.6. The highest BCUT2D eigenvalue weighted by Gasteiger charge is 2.70. The molecule has 0 aromatic heterocycles. The molecule has 1 N–H and O–H groups in total. The van der Waals surface area contributed by atoms with Crippen molar-refractivity contribution in [2.75, 3.05) is 13.7 Å². The van der Waals surface area contributed by atoms with Crippen molar-refractivity contribution in [2.45, 2.75) is 99.3 Å². The highest BCUT2D eigenvalue weighted by molar-refractivity contribution is 5.90. The summed E-state index contributed by atoms with van der Waals surface area (Å²) in [4.78, 5) is 12.0. The summed E-state index contributed by atoms with van der Waals surface area (Å²) in [5.41, 5.74) is 3.80. The van der Waals surface area contributed by atoms with Gasteiger partial charge < -0.3 is 9.84 Å². The van der Waals surface area contributed by atoms with Crippen LogP contribution in [-0.2, 0) is 4.74 Å². The Kier molecular flexibility index (Phi) is 7.01. The van der Waals surface area contributed by atoms with E-state index in [1.54, 1.807) is 12.1 Å². The standard InChI is InChI=1S/C38H53FO3/c1-23(2)25-13-18-38(22-40)20-19-36(6)28(32(25)38)11-12-31-35(5)16-14-27(34(3,4)30(35)15-17-37(31,36)7)26-10-9-24(21-29(26)39)33(41)42-8/h9-10,14,21,25,28,30-32,40H,1,11-13,15-20,22H2,2-8H3. The molecule has 0 bridgehead atoms. The lowest BCUT2D eigenvalue weighted by Gasteiger charge is -2.72. The number of aliphatic hydroxyl groups is 1. The van der Waals surface area contributed by atoms with Crippen molar-refractivity contribution in [3.63, 3.8) is 0 Å². The number of hydrogen-bond acceptors (Lipinski definition) is 3. The average molecular weight is 577 g/mol. The van der Waals surface area contributed by atoms with E-state index in [9.17, 15) is 9.90 Å². The van der Waals surface area contributed by atoms with Crippen LogP contribution >= 0.6 is 0 Å². The second-order valence-electron chi connectivity index (χ2n) is 16.4. The number of fused-ring (bicyclic) bond motifs is 7. The number of rotatable bonds is 4. The molecule has 0 saturated heterocycles. The van der Waals surface area contributed by atoms with Gasteiger partial charge in [-0.2, -0.15) is 0 Å². The Hall–Kier alpha value is -1.94. The molecule has 4 saturated carbocycles. The highest BCUT2D eigenvalue weighted by Crippen LogP contribution is 2.77. The van der Waals surface area contributed by atoms with Crippen LogP contribution in [0.3, 0.4) is 0 Å². The zero-order valence-corrected chi connectivity index (χ0v) is 27.1. The first-order valence-electron chi connectivity index (χ1n) is 16.6. The van der Waals surface area contributed by atoms with Crippen molar-refractivity contribution in [1.82, 2.24) is 0 Å². The first-order chi connectivity index (χ1) is 19.7. The molecule has 1 aromatic rings. The summed E-state index contributed by atoms with van der Waals surface area (Å²) >= 11 is 0. The van der Waals surface area contributed by atoms with Crippen molar-refractivity contribution in [3.8, 4) is 0 Å². The molecule has 6 rings (SSSR count). The van der Waals surface area contributed by atoms with Crippen LogP contribution in [0.4, 0.5) is 4.39 Å². The van der Waals surface area contributed by atoms with Crippen LogP contribution in [0.5, 0.6) is 0 Å². The zero-order chi connectivity index (χ0) is 30.5. The zero-order valence-electron chi connectivity index (χ0n) is 27.1. The minimum atomic E-state index is -0.508. The van der Waals surface area contributed by atoms with Crippen LogP contribution in [-0.4, -0.2) is 24.8 Å². The van der Waals surface area contributed by atoms with Crippen LogP contribution in [0.2, 0.25) is 0 Å². The molecule has 9 atom stereocenters. The summed E-state index contributed by atoms with van der Waals surface area (Å²) in [6.07, 6.45) is 12.9. The fraction of sp³-hybridized carbons (Fsp3) is 0.711. The van der Waals surface area contributed by atoms with Crippen molar-refractivity contribution in [1.29, 1.82) is 0 Å². The van der Waals surface area contributed by atoms with Crippen LogP contribution in [0.25, 0.3) is 5.57 Å². The Morgan fingerprint density at radius 2 is 1.74 bits per heavy atom. The van der Waals surface area contributed by atoms with E-state index in [1.807, 2.05) is 0 Å². The third-order valence-corrected chi connectivity index (χ3v) is 14.8. The first kappa shape index (κ1) is 30.1. The van der Waals surface area contributed by atoms with Gasteiger partial charge in [-0.05, 0) is 139 Å². The monoisotopic (exact) mass is 576 g/mol. The molecule has 5 aliphatic carbocycles. The minimum Gasteiger partial charge on any atom is -0.465 e. The van der Waals surface area contributed by atoms with Crippen molar-refractivity contribution in [2.24, 2.45) is 56.7 Å². The molecule has 0 spiro atoms. The Bertz CT molecular complexity index is 1330. The van der Waals surface area contributed by atoms with E-state index in [0.717, 1.165) is 31.3 Å². The van der Waals surface area contributed by atoms with Gasteiger partial charge in [-0.15, -0.1) is 0 Å². The number of methoxy groups -OCH3 is 1. The Labute approximate surface area is 253 Å². The maximum atomic E-state index is 15.5. The number of aliphatic hydroxyl groups excluding tert-OH is 1. The van der Waals surface area contributed by atoms with E-state index < -0.39 is 5.97 Å². The number of ether oxygens (including phenoxy) is 1. The van der Waals surface area contributed by atoms with Crippen molar-refractivity contribution < 1.29 is 19.0 Å². The van der Waals surface area contributed by atoms with Crippen molar-refractivity contribution in [3.05, 3.63) is 53.4 Å². The number of benzene rings is 1. The number of hydrogen-bond donors (Lipinski definition) is 1. The number of allylic oxidation sites excluding steroid dienone is 3. The predicted molar refractivity (Wildman–Crippen MR) is 167 cm³/mol. The maximum absolute atomic E-state index is 15.5. The third-order valence-electron chi connectivity index (χ3n) is 14.8. The summed E-state index contributed by atoms with van der Waals surface area (Å²) < 4.78 is 20.4. The van der Waals surface area contributed by atoms with E-state index in [1.165, 1.54) is 50.9 Å². The number of carbonyl (C=O) groups is 1. The van der Waals surface area contributed by atoms with Gasteiger partial charge in [-0.1, -0.05) is 58.9 Å². The van der Waals surface area contributed by atoms with Gasteiger partial charge in [0.05, 0.1) is 12.7 Å². The number of halogens is 1. The summed E-state index contributed by atoms with van der Waals surface area (Å²) in [5.74, 6) is 1.94. The van der Waals surface area contributed by atoms with Gasteiger partial charge in [0.25, 0.3) is 0 Å². The molecule has 4 fully saturated rings. The van der Waals surface area contributed by atoms with Crippen LogP contribution in [0, 0.1) is 62.5 Å². The molecular formula is C38H53FO3. The molecule has 0 aliphatic heterocycles. The SMILES string of the molecule is C=C(C)C1CCC2(CO)CCC3(C)C(CCC4C5(C)CC=C(c6ccc(C(=O)OC)cc6F)C(C)(C)C5CCC43C)C12. The van der Waals surface area contributed by atoms with Gasteiger partial charge in [-0.3, -0.25) is 0 Å². The molecule has 42 heavy (non-hydrogen) atoms. The fourth-order valence-electron chi connectivity index (χ4n) is 12.6. The lowest BCUT2D eigenvalue weighted by Crippen LogP contribution is -2.65. The first-order valence-corrected chi connectivity index (χ1v) is 16.6. The van der Waals surface area contributed by atoms with Gasteiger partial charge in [0.1, 0.15) is 5.82 Å². The topological polar surface area (TPSA) is 46.5 Å². The van der Waals surface area contributed by atoms with Gasteiger partial charge >= 0.3 is 5.97 Å². The van der Waals surface area contributed by atoms with E-state index >= 15 is 4.39 Å². The van der Waals surface area contributed by atoms with Gasteiger partial charge in [0, 0.05) is 12.2 Å². The summed E-state index contributed by atoms with van der Waals surface area (Å²) in [7, 11) is 1.33. The molecule has 230 valence electrons. The van der Waals surface area contributed by atoms with Gasteiger partial charge in [0.2, 0.25) is 0 Å². The van der Waals surface area contributed by atoms with Crippen LogP contribution in [0.1, 0.15) is 115 Å². The summed E-state index contributed by atoms with van der Waals surface area (Å²) in [6, 6.07) is 4.82. The number of carbonyl (C=O) groups excluding carboxylic acids is 1. The summed E-state index contributed by atoms with van der Waals surface area (Å²) in [6.45, 7) is 19.5. The molecule has 4 heteroatoms. The molecule has 9 unspecified atom stereocenters. The van der Waals surface area contributed by atoms with Crippen LogP contribution < -0.4 is 0 Å². The second kappa shape index (κ2) is 9.78. The molecule has 0 heterocycles. The lowest BCUT2D eigenvalue weighted by atomic mass is 9.32. The highest BCUT2D eigenvalue weighted by atomic mass is 19.1. The number of esters is 1. The molecule has 5 aliphatic rings. The molecular weight excluding hydrogens is 523 g/mol. The lowest BCUT2D eigenvalue weighted by molar-refractivity contribution is -0.228. The second-order valence-corrected chi connectivity index (χ2v) is 16.4. The van der Waals surface area contributed by atoms with Gasteiger partial charge in [0.15, 0.2) is 0 Å². The normalized spacial score (nSPS) is 43.7. The van der Waals surface area contributed by atoms with E-state index in [4.69, 9.17) is 4.74 Å². The molecule has 1 aromatic carbocycles. The molecule has 3 nitrogen and oxygen atoms in total. The largest absolute Gasteiger partial charge is 0.465 e. The molecule has 0 radical (unpaired) electrons. The molecule has 0 amide bonds. The third kappa shape index (κ3) is 3.81. The summed E-state index contributed by atoms with van der Waals surface area (Å²) in [5, 5.41) is 10.8. The quantitative estimate of drug-likeness (QED) is 0.287. The Morgan fingerprint density at radius 3 is 2.38 bits per heavy atom. The average Bonchev–Trinajstić information content (AvgIpc) is 3.34. The minimum absolute atomic E-state index is 0.0794. The maximum Gasteiger partial charge on any atom is 0.337 e. The Balaban J connectivity index is 1.36. The van der Waals surface area contributed by atoms with E-state index in [0.29, 0.717) is 41.8 Å². The smallest absolute Gasteiger partial charge is 0.337 e. The van der Waals surface area contributed by atoms with Crippen molar-refractivity contribution >= 4 is 11.5 Å². The van der Waals surface area contributed by atoms with Crippen LogP contribution in [0.15, 0.2) is 36.4 Å². The van der Waals surface area contributed by atoms with Gasteiger partial charge in [-0.25, -0.2) is 9.18 Å².